The number of amides is 1. The molecule has 3 N–H and O–H groups in total. The monoisotopic (exact) mass is 130 g/mol. The predicted octanol–water partition coefficient (Wildman–Crippen LogP) is -1.54. The van der Waals surface area contributed by atoms with E-state index in [9.17, 15) is 4.79 Å². The fraction of sp³-hybridized carbons (Fsp3) is 0.800. The van der Waals surface area contributed by atoms with E-state index in [1.165, 1.54) is 0 Å². The van der Waals surface area contributed by atoms with Crippen molar-refractivity contribution < 1.29 is 9.53 Å². The molecule has 9 heavy (non-hydrogen) atoms. The second-order valence-corrected chi connectivity index (χ2v) is 1.98. The minimum Gasteiger partial charge on any atom is -0.378 e. The number of hydrogen-bond donors (Lipinski definition) is 2. The van der Waals surface area contributed by atoms with Crippen molar-refractivity contribution in [2.75, 3.05) is 19.8 Å². The van der Waals surface area contributed by atoms with Crippen LogP contribution in [0.25, 0.3) is 0 Å². The molecule has 1 amide bonds. The van der Waals surface area contributed by atoms with Crippen molar-refractivity contribution in [1.82, 2.24) is 5.32 Å². The van der Waals surface area contributed by atoms with Gasteiger partial charge in [-0.2, -0.15) is 0 Å². The van der Waals surface area contributed by atoms with Gasteiger partial charge in [-0.3, -0.25) is 4.79 Å². The van der Waals surface area contributed by atoms with Gasteiger partial charge >= 0.3 is 0 Å². The first-order chi connectivity index (χ1) is 4.30. The molecule has 0 radical (unpaired) electrons. The van der Waals surface area contributed by atoms with Gasteiger partial charge in [0.25, 0.3) is 0 Å². The summed E-state index contributed by atoms with van der Waals surface area (Å²) < 4.78 is 4.98. The fourth-order valence-electron chi connectivity index (χ4n) is 0.748. The first kappa shape index (κ1) is 6.51. The average molecular weight is 130 g/mol. The van der Waals surface area contributed by atoms with Crippen LogP contribution in [0.15, 0.2) is 0 Å². The Bertz CT molecular complexity index is 110. The predicted molar refractivity (Wildman–Crippen MR) is 31.8 cm³/mol. The number of rotatable bonds is 1. The van der Waals surface area contributed by atoms with Gasteiger partial charge in [0.2, 0.25) is 5.91 Å². The molecule has 1 rings (SSSR count). The van der Waals surface area contributed by atoms with Gasteiger partial charge in [-0.05, 0) is 0 Å². The number of primary amides is 1. The molecule has 0 spiro atoms. The molecule has 0 saturated carbocycles. The molecule has 1 aliphatic rings. The summed E-state index contributed by atoms with van der Waals surface area (Å²) in [7, 11) is 0. The number of nitrogens with two attached hydrogens (primary N) is 1. The lowest BCUT2D eigenvalue weighted by Gasteiger charge is -2.20. The molecule has 1 fully saturated rings. The zero-order valence-electron chi connectivity index (χ0n) is 5.09. The van der Waals surface area contributed by atoms with E-state index < -0.39 is 0 Å². The first-order valence-corrected chi connectivity index (χ1v) is 2.91. The summed E-state index contributed by atoms with van der Waals surface area (Å²) in [6.45, 7) is 1.80. The van der Waals surface area contributed by atoms with Crippen LogP contribution in [0.5, 0.6) is 0 Å². The van der Waals surface area contributed by atoms with Crippen LogP contribution in [0.2, 0.25) is 0 Å². The van der Waals surface area contributed by atoms with E-state index in [2.05, 4.69) is 5.32 Å². The highest BCUT2D eigenvalue weighted by Crippen LogP contribution is 1.89. The van der Waals surface area contributed by atoms with Crippen molar-refractivity contribution >= 4 is 5.91 Å². The van der Waals surface area contributed by atoms with E-state index in [4.69, 9.17) is 10.5 Å². The summed E-state index contributed by atoms with van der Waals surface area (Å²) in [5.41, 5.74) is 4.99. The van der Waals surface area contributed by atoms with Crippen molar-refractivity contribution in [2.24, 2.45) is 5.73 Å². The second-order valence-electron chi connectivity index (χ2n) is 1.98. The summed E-state index contributed by atoms with van der Waals surface area (Å²) >= 11 is 0. The fourth-order valence-corrected chi connectivity index (χ4v) is 0.748. The Hall–Kier alpha value is -0.610. The molecule has 1 aliphatic heterocycles. The largest absolute Gasteiger partial charge is 0.378 e. The molecule has 52 valence electrons. The Morgan fingerprint density at radius 3 is 2.89 bits per heavy atom. The number of morpholine rings is 1. The van der Waals surface area contributed by atoms with Gasteiger partial charge in [-0.15, -0.1) is 0 Å². The van der Waals surface area contributed by atoms with Crippen molar-refractivity contribution in [3.8, 4) is 0 Å². The van der Waals surface area contributed by atoms with Gasteiger partial charge in [-0.25, -0.2) is 0 Å². The zero-order valence-corrected chi connectivity index (χ0v) is 5.09. The minimum absolute atomic E-state index is 0.279. The quantitative estimate of drug-likeness (QED) is 0.452. The topological polar surface area (TPSA) is 64.4 Å². The summed E-state index contributed by atoms with van der Waals surface area (Å²) in [5.74, 6) is -0.338. The Kier molecular flexibility index (Phi) is 2.02. The maximum absolute atomic E-state index is 10.4. The average Bonchev–Trinajstić information content (AvgIpc) is 1.90. The van der Waals surface area contributed by atoms with Crippen LogP contribution in [0.3, 0.4) is 0 Å². The normalized spacial score (nSPS) is 27.8. The molecule has 0 unspecified atom stereocenters. The van der Waals surface area contributed by atoms with Crippen LogP contribution < -0.4 is 11.1 Å². The standard InChI is InChI=1S/C5H10N2O2/c6-5(8)4-3-9-2-1-7-4/h4,7H,1-3H2,(H2,6,8)/t4-/m0/s1. The van der Waals surface area contributed by atoms with Crippen molar-refractivity contribution in [3.05, 3.63) is 0 Å². The second kappa shape index (κ2) is 2.80. The molecule has 4 nitrogen and oxygen atoms in total. The Morgan fingerprint density at radius 1 is 1.78 bits per heavy atom. The molecule has 4 heteroatoms. The summed E-state index contributed by atoms with van der Waals surface area (Å²) in [4.78, 5) is 10.4. The number of hydrogen-bond acceptors (Lipinski definition) is 3. The zero-order chi connectivity index (χ0) is 6.69. The van der Waals surface area contributed by atoms with Crippen LogP contribution in [0.1, 0.15) is 0 Å². The van der Waals surface area contributed by atoms with E-state index in [1.54, 1.807) is 0 Å². The van der Waals surface area contributed by atoms with Crippen molar-refractivity contribution in [3.63, 3.8) is 0 Å². The van der Waals surface area contributed by atoms with Crippen LogP contribution in [0, 0.1) is 0 Å². The molecule has 0 aromatic heterocycles. The molecular formula is C5H10N2O2. The maximum Gasteiger partial charge on any atom is 0.236 e. The van der Waals surface area contributed by atoms with Crippen molar-refractivity contribution in [2.45, 2.75) is 6.04 Å². The third kappa shape index (κ3) is 1.65. The summed E-state index contributed by atoms with van der Waals surface area (Å²) in [6, 6.07) is -0.279. The molecule has 1 saturated heterocycles. The van der Waals surface area contributed by atoms with E-state index in [0.717, 1.165) is 0 Å². The van der Waals surface area contributed by atoms with Gasteiger partial charge in [0, 0.05) is 6.54 Å². The highest BCUT2D eigenvalue weighted by atomic mass is 16.5. The number of carbonyl (C=O) groups is 1. The molecule has 0 aliphatic carbocycles. The van der Waals surface area contributed by atoms with E-state index in [-0.39, 0.29) is 11.9 Å². The van der Waals surface area contributed by atoms with Crippen LogP contribution in [0.4, 0.5) is 0 Å². The van der Waals surface area contributed by atoms with Crippen LogP contribution in [-0.4, -0.2) is 31.7 Å². The Labute approximate surface area is 53.4 Å². The van der Waals surface area contributed by atoms with Gasteiger partial charge < -0.3 is 15.8 Å². The molecule has 0 bridgehead atoms. The molecule has 0 aromatic rings. The van der Waals surface area contributed by atoms with Crippen LogP contribution >= 0.6 is 0 Å². The minimum atomic E-state index is -0.338. The third-order valence-corrected chi connectivity index (χ3v) is 1.27. The summed E-state index contributed by atoms with van der Waals surface area (Å²) in [6.07, 6.45) is 0. The molecular weight excluding hydrogens is 120 g/mol. The van der Waals surface area contributed by atoms with Crippen molar-refractivity contribution in [1.29, 1.82) is 0 Å². The lowest BCUT2D eigenvalue weighted by Crippen LogP contribution is -2.49. The molecule has 1 atom stereocenters. The molecule has 1 heterocycles. The van der Waals surface area contributed by atoms with Gasteiger partial charge in [0.05, 0.1) is 13.2 Å². The highest BCUT2D eigenvalue weighted by molar-refractivity contribution is 5.80. The number of nitrogens with one attached hydrogen (secondary N) is 1. The van der Waals surface area contributed by atoms with Gasteiger partial charge in [-0.1, -0.05) is 0 Å². The smallest absolute Gasteiger partial charge is 0.236 e. The van der Waals surface area contributed by atoms with Crippen LogP contribution in [-0.2, 0) is 9.53 Å². The van der Waals surface area contributed by atoms with E-state index in [1.807, 2.05) is 0 Å². The van der Waals surface area contributed by atoms with Gasteiger partial charge in [0.1, 0.15) is 6.04 Å². The SMILES string of the molecule is NC(=O)[C@@H]1COCCN1. The third-order valence-electron chi connectivity index (χ3n) is 1.27. The highest BCUT2D eigenvalue weighted by Gasteiger charge is 2.17. The Balaban J connectivity index is 2.31. The van der Waals surface area contributed by atoms with E-state index in [0.29, 0.717) is 19.8 Å². The number of carbonyl (C=O) groups excluding carboxylic acids is 1. The Morgan fingerprint density at radius 2 is 2.56 bits per heavy atom. The lowest BCUT2D eigenvalue weighted by molar-refractivity contribution is -0.122. The molecule has 0 aromatic carbocycles. The summed E-state index contributed by atoms with van der Waals surface area (Å²) in [5, 5.41) is 2.92. The van der Waals surface area contributed by atoms with E-state index >= 15 is 0 Å². The maximum atomic E-state index is 10.4. The number of ether oxygens (including phenoxy) is 1. The van der Waals surface area contributed by atoms with Gasteiger partial charge in [0.15, 0.2) is 0 Å². The lowest BCUT2D eigenvalue weighted by atomic mass is 10.3. The first-order valence-electron chi connectivity index (χ1n) is 2.91.